The van der Waals surface area contributed by atoms with Crippen LogP contribution >= 0.6 is 0 Å². The minimum Gasteiger partial charge on any atom is -0.389 e. The molecule has 0 aromatic heterocycles. The number of hydrogen-bond acceptors (Lipinski definition) is 1. The van der Waals surface area contributed by atoms with Crippen LogP contribution in [0.25, 0.3) is 12.2 Å². The molecule has 0 saturated heterocycles. The summed E-state index contributed by atoms with van der Waals surface area (Å²) in [6, 6.07) is 6.63. The van der Waals surface area contributed by atoms with Crippen LogP contribution in [0.5, 0.6) is 0 Å². The predicted molar refractivity (Wildman–Crippen MR) is 158 cm³/mol. The number of unbranched alkanes of at least 4 members (excludes halogenated alkanes) is 5. The largest absolute Gasteiger partial charge is 0.389 e. The van der Waals surface area contributed by atoms with E-state index in [0.717, 1.165) is 12.1 Å². The molecule has 1 aromatic rings. The molecule has 0 fully saturated rings. The van der Waals surface area contributed by atoms with Gasteiger partial charge in [0.15, 0.2) is 0 Å². The summed E-state index contributed by atoms with van der Waals surface area (Å²) in [5.74, 6) is 0. The lowest BCUT2D eigenvalue weighted by Gasteiger charge is -2.08. The van der Waals surface area contributed by atoms with Crippen molar-refractivity contribution in [1.82, 2.24) is 5.32 Å². The maximum Gasteiger partial charge on any atom is 0.0264 e. The van der Waals surface area contributed by atoms with Crippen molar-refractivity contribution in [2.45, 2.75) is 127 Å². The second-order valence-corrected chi connectivity index (χ2v) is 8.25. The lowest BCUT2D eigenvalue weighted by molar-refractivity contribution is 0.702. The van der Waals surface area contributed by atoms with Crippen LogP contribution in [0.4, 0.5) is 0 Å². The number of hydrogen-bond donors (Lipinski definition) is 1. The molecule has 1 rings (SSSR count). The monoisotopic (exact) mass is 457 g/mol. The Labute approximate surface area is 209 Å². The number of nitrogens with one attached hydrogen (secondary N) is 1. The molecule has 1 heteroatoms. The molecule has 0 aliphatic heterocycles. The lowest BCUT2D eigenvalue weighted by Crippen LogP contribution is -2.00. The van der Waals surface area contributed by atoms with Crippen molar-refractivity contribution in [2.24, 2.45) is 0 Å². The SMILES string of the molecule is C=C(/C=C/c1ccc(C)c(/C=C(\CC)CCCCC)c1)NC.CC.CCC.CCCCCC. The second-order valence-electron chi connectivity index (χ2n) is 8.25. The van der Waals surface area contributed by atoms with E-state index < -0.39 is 0 Å². The van der Waals surface area contributed by atoms with Gasteiger partial charge in [-0.1, -0.05) is 137 Å². The van der Waals surface area contributed by atoms with Gasteiger partial charge in [0.1, 0.15) is 0 Å². The number of rotatable bonds is 12. The van der Waals surface area contributed by atoms with Gasteiger partial charge in [-0.25, -0.2) is 0 Å². The Morgan fingerprint density at radius 2 is 1.39 bits per heavy atom. The third-order valence-corrected chi connectivity index (χ3v) is 4.97. The van der Waals surface area contributed by atoms with Gasteiger partial charge in [0.05, 0.1) is 0 Å². The average molecular weight is 458 g/mol. The summed E-state index contributed by atoms with van der Waals surface area (Å²) in [4.78, 5) is 0. The normalized spacial score (nSPS) is 10.3. The van der Waals surface area contributed by atoms with Gasteiger partial charge < -0.3 is 5.32 Å². The standard InChI is InChI=1S/C21H31N.C6H14.C3H8.C2H6/c1-6-8-9-10-19(7-2)15-21-16-20(13-11-17(21)3)14-12-18(4)22-5;1-3-5-6-4-2;1-3-2;1-2/h11-16,22H,4,6-10H2,1-3,5H3;3-6H2,1-2H3;3H2,1-2H3;1-2H3/b14-12+,19-15+;;;. The molecule has 0 amide bonds. The summed E-state index contributed by atoms with van der Waals surface area (Å²) in [6.45, 7) is 23.3. The molecule has 0 unspecified atom stereocenters. The van der Waals surface area contributed by atoms with Crippen LogP contribution in [0.2, 0.25) is 0 Å². The van der Waals surface area contributed by atoms with Gasteiger partial charge in [-0.3, -0.25) is 0 Å². The molecule has 192 valence electrons. The van der Waals surface area contributed by atoms with E-state index in [1.807, 2.05) is 27.0 Å². The molecular weight excluding hydrogens is 398 g/mol. The predicted octanol–water partition coefficient (Wildman–Crippen LogP) is 11.1. The van der Waals surface area contributed by atoms with E-state index in [0.29, 0.717) is 0 Å². The van der Waals surface area contributed by atoms with E-state index in [1.54, 1.807) is 5.57 Å². The highest BCUT2D eigenvalue weighted by Crippen LogP contribution is 2.21. The molecule has 0 heterocycles. The topological polar surface area (TPSA) is 12.0 Å². The Balaban J connectivity index is -0.000000685. The molecule has 1 nitrogen and oxygen atoms in total. The Bertz CT molecular complexity index is 603. The molecule has 0 radical (unpaired) electrons. The molecule has 1 N–H and O–H groups in total. The first-order chi connectivity index (χ1) is 15.9. The zero-order chi connectivity index (χ0) is 25.9. The molecule has 0 atom stereocenters. The van der Waals surface area contributed by atoms with Crippen molar-refractivity contribution in [3.63, 3.8) is 0 Å². The van der Waals surface area contributed by atoms with Crippen molar-refractivity contribution in [2.75, 3.05) is 7.05 Å². The van der Waals surface area contributed by atoms with Crippen molar-refractivity contribution in [3.05, 3.63) is 58.8 Å². The quantitative estimate of drug-likeness (QED) is 0.243. The summed E-state index contributed by atoms with van der Waals surface area (Å²) in [6.07, 6.45) is 19.6. The third-order valence-electron chi connectivity index (χ3n) is 4.97. The van der Waals surface area contributed by atoms with Gasteiger partial charge in [-0.2, -0.15) is 0 Å². The van der Waals surface area contributed by atoms with Crippen LogP contribution in [0.15, 0.2) is 42.1 Å². The minimum absolute atomic E-state index is 0.923. The lowest BCUT2D eigenvalue weighted by atomic mass is 9.98. The highest BCUT2D eigenvalue weighted by molar-refractivity contribution is 5.63. The van der Waals surface area contributed by atoms with Gasteiger partial charge in [-0.05, 0) is 55.0 Å². The highest BCUT2D eigenvalue weighted by Gasteiger charge is 2.00. The smallest absolute Gasteiger partial charge is 0.0264 e. The summed E-state index contributed by atoms with van der Waals surface area (Å²) >= 11 is 0. The second kappa shape index (κ2) is 28.3. The highest BCUT2D eigenvalue weighted by atomic mass is 14.8. The maximum atomic E-state index is 3.92. The summed E-state index contributed by atoms with van der Waals surface area (Å²) in [7, 11) is 1.89. The molecule has 0 aliphatic rings. The molecule has 0 saturated carbocycles. The Kier molecular flexibility index (Phi) is 30.7. The fourth-order valence-corrected chi connectivity index (χ4v) is 2.87. The maximum absolute atomic E-state index is 3.92. The summed E-state index contributed by atoms with van der Waals surface area (Å²) in [5.41, 5.74) is 6.37. The first kappa shape index (κ1) is 35.8. The van der Waals surface area contributed by atoms with Gasteiger partial charge in [-0.15, -0.1) is 0 Å². The number of aryl methyl sites for hydroxylation is 1. The fraction of sp³-hybridized carbons (Fsp3) is 0.625. The van der Waals surface area contributed by atoms with Gasteiger partial charge in [0, 0.05) is 12.7 Å². The summed E-state index contributed by atoms with van der Waals surface area (Å²) < 4.78 is 0. The van der Waals surface area contributed by atoms with Crippen molar-refractivity contribution in [1.29, 1.82) is 0 Å². The number of benzene rings is 1. The van der Waals surface area contributed by atoms with Crippen molar-refractivity contribution < 1.29 is 0 Å². The van der Waals surface area contributed by atoms with E-state index in [1.165, 1.54) is 74.5 Å². The van der Waals surface area contributed by atoms with E-state index in [9.17, 15) is 0 Å². The van der Waals surface area contributed by atoms with E-state index in [2.05, 4.69) is 90.7 Å². The number of likely N-dealkylation sites (N-methyl/N-ethyl adjacent to an activating group) is 1. The van der Waals surface area contributed by atoms with Gasteiger partial charge in [0.25, 0.3) is 0 Å². The van der Waals surface area contributed by atoms with Crippen molar-refractivity contribution in [3.8, 4) is 0 Å². The van der Waals surface area contributed by atoms with E-state index in [-0.39, 0.29) is 0 Å². The third kappa shape index (κ3) is 23.2. The van der Waals surface area contributed by atoms with Crippen molar-refractivity contribution >= 4 is 12.2 Å². The average Bonchev–Trinajstić information content (AvgIpc) is 2.84. The van der Waals surface area contributed by atoms with Crippen LogP contribution in [0, 0.1) is 6.92 Å². The zero-order valence-electron chi connectivity index (χ0n) is 24.2. The van der Waals surface area contributed by atoms with Crippen LogP contribution in [0.3, 0.4) is 0 Å². The molecular formula is C32H59N. The first-order valence-electron chi connectivity index (χ1n) is 13.8. The van der Waals surface area contributed by atoms with Gasteiger partial charge in [0.2, 0.25) is 0 Å². The van der Waals surface area contributed by atoms with Crippen LogP contribution in [-0.2, 0) is 0 Å². The Morgan fingerprint density at radius 3 is 1.85 bits per heavy atom. The molecule has 0 bridgehead atoms. The Hall–Kier alpha value is -1.76. The molecule has 0 spiro atoms. The summed E-state index contributed by atoms with van der Waals surface area (Å²) in [5, 5.41) is 3.04. The molecule has 1 aromatic carbocycles. The first-order valence-corrected chi connectivity index (χ1v) is 13.8. The zero-order valence-corrected chi connectivity index (χ0v) is 24.2. The Morgan fingerprint density at radius 1 is 0.879 bits per heavy atom. The molecule has 33 heavy (non-hydrogen) atoms. The van der Waals surface area contributed by atoms with E-state index >= 15 is 0 Å². The van der Waals surface area contributed by atoms with E-state index in [4.69, 9.17) is 0 Å². The van der Waals surface area contributed by atoms with Crippen LogP contribution in [0.1, 0.15) is 136 Å². The number of allylic oxidation sites excluding steroid dienone is 2. The van der Waals surface area contributed by atoms with Gasteiger partial charge >= 0.3 is 0 Å². The fourth-order valence-electron chi connectivity index (χ4n) is 2.87. The molecule has 0 aliphatic carbocycles. The van der Waals surface area contributed by atoms with Crippen LogP contribution < -0.4 is 5.32 Å². The van der Waals surface area contributed by atoms with Crippen LogP contribution in [-0.4, -0.2) is 7.05 Å². The minimum atomic E-state index is 0.923.